The van der Waals surface area contributed by atoms with E-state index in [1.54, 1.807) is 55.5 Å². The van der Waals surface area contributed by atoms with Gasteiger partial charge in [-0.3, -0.25) is 10.2 Å². The van der Waals surface area contributed by atoms with Gasteiger partial charge < -0.3 is 4.74 Å². The van der Waals surface area contributed by atoms with Crippen LogP contribution in [0.3, 0.4) is 0 Å². The highest BCUT2D eigenvalue weighted by atomic mass is 79.9. The lowest BCUT2D eigenvalue weighted by atomic mass is 10.1. The number of rotatable bonds is 7. The molecule has 5 nitrogen and oxygen atoms in total. The van der Waals surface area contributed by atoms with E-state index in [0.29, 0.717) is 21.3 Å². The SMILES string of the molecule is CCOC(=O)/C(=N\Nc1ccccc1Cl)C(=O)C(Br)c1ccc(Cl)cc1. The first-order valence-electron chi connectivity index (χ1n) is 7.63. The quantitative estimate of drug-likeness (QED) is 0.208. The molecule has 0 aromatic heterocycles. The Balaban J connectivity index is 2.29. The minimum Gasteiger partial charge on any atom is -0.461 e. The topological polar surface area (TPSA) is 67.8 Å². The second-order valence-corrected chi connectivity index (χ2v) is 6.81. The van der Waals surface area contributed by atoms with Crippen molar-refractivity contribution in [2.75, 3.05) is 12.0 Å². The number of alkyl halides is 1. The molecule has 0 radical (unpaired) electrons. The molecule has 0 bridgehead atoms. The molecule has 8 heteroatoms. The second-order valence-electron chi connectivity index (χ2n) is 5.05. The Morgan fingerprint density at radius 1 is 1.15 bits per heavy atom. The van der Waals surface area contributed by atoms with E-state index in [9.17, 15) is 9.59 Å². The number of halogens is 3. The van der Waals surface area contributed by atoms with Crippen LogP contribution in [0.25, 0.3) is 0 Å². The highest BCUT2D eigenvalue weighted by Crippen LogP contribution is 2.26. The fourth-order valence-electron chi connectivity index (χ4n) is 1.97. The summed E-state index contributed by atoms with van der Waals surface area (Å²) in [7, 11) is 0. The number of esters is 1. The minimum absolute atomic E-state index is 0.116. The van der Waals surface area contributed by atoms with E-state index in [1.165, 1.54) is 0 Å². The van der Waals surface area contributed by atoms with Gasteiger partial charge in [-0.05, 0) is 36.8 Å². The first kappa shape index (κ1) is 20.4. The van der Waals surface area contributed by atoms with Crippen LogP contribution in [-0.2, 0) is 14.3 Å². The highest BCUT2D eigenvalue weighted by molar-refractivity contribution is 9.09. The molecule has 0 spiro atoms. The number of hydrazone groups is 1. The summed E-state index contributed by atoms with van der Waals surface area (Å²) in [6, 6.07) is 13.5. The summed E-state index contributed by atoms with van der Waals surface area (Å²) in [5.74, 6) is -1.37. The van der Waals surface area contributed by atoms with Crippen molar-refractivity contribution in [3.05, 3.63) is 64.1 Å². The first-order chi connectivity index (χ1) is 12.4. The lowest BCUT2D eigenvalue weighted by molar-refractivity contribution is -0.135. The van der Waals surface area contributed by atoms with Crippen LogP contribution < -0.4 is 5.43 Å². The molecule has 1 unspecified atom stereocenters. The van der Waals surface area contributed by atoms with Gasteiger partial charge in [0, 0.05) is 5.02 Å². The van der Waals surface area contributed by atoms with E-state index < -0.39 is 16.6 Å². The fourth-order valence-corrected chi connectivity index (χ4v) is 2.80. The summed E-state index contributed by atoms with van der Waals surface area (Å²) < 4.78 is 4.94. The number of para-hydroxylation sites is 1. The zero-order valence-corrected chi connectivity index (χ0v) is 16.8. The van der Waals surface area contributed by atoms with Crippen molar-refractivity contribution in [3.63, 3.8) is 0 Å². The van der Waals surface area contributed by atoms with Gasteiger partial charge in [-0.1, -0.05) is 63.4 Å². The predicted octanol–water partition coefficient (Wildman–Crippen LogP) is 5.03. The number of nitrogens with zero attached hydrogens (tertiary/aromatic N) is 1. The lowest BCUT2D eigenvalue weighted by Crippen LogP contribution is -2.30. The highest BCUT2D eigenvalue weighted by Gasteiger charge is 2.29. The van der Waals surface area contributed by atoms with Gasteiger partial charge in [0.15, 0.2) is 0 Å². The maximum Gasteiger partial charge on any atom is 0.362 e. The van der Waals surface area contributed by atoms with Crippen LogP contribution in [0.1, 0.15) is 17.3 Å². The molecule has 0 aliphatic rings. The number of ketones is 1. The summed E-state index contributed by atoms with van der Waals surface area (Å²) in [6.07, 6.45) is 0. The Kier molecular flexibility index (Phi) is 7.63. The van der Waals surface area contributed by atoms with Crippen LogP contribution in [0, 0.1) is 0 Å². The molecule has 26 heavy (non-hydrogen) atoms. The molecule has 0 fully saturated rings. The average molecular weight is 458 g/mol. The Morgan fingerprint density at radius 3 is 2.42 bits per heavy atom. The Hall–Kier alpha value is -1.89. The van der Waals surface area contributed by atoms with E-state index in [4.69, 9.17) is 27.9 Å². The van der Waals surface area contributed by atoms with E-state index in [-0.39, 0.29) is 12.3 Å². The summed E-state index contributed by atoms with van der Waals surface area (Å²) in [5.41, 5.74) is 3.36. The first-order valence-corrected chi connectivity index (χ1v) is 9.30. The second kappa shape index (κ2) is 9.71. The molecule has 0 aliphatic heterocycles. The molecule has 2 rings (SSSR count). The zero-order valence-electron chi connectivity index (χ0n) is 13.7. The van der Waals surface area contributed by atoms with Gasteiger partial charge in [-0.2, -0.15) is 5.10 Å². The standard InChI is InChI=1S/C18H15BrCl2N2O3/c1-2-26-18(25)16(23-22-14-6-4-3-5-13(14)21)17(24)15(19)11-7-9-12(20)10-8-11/h3-10,15,22H,2H2,1H3/b23-16-. The van der Waals surface area contributed by atoms with Crippen molar-refractivity contribution in [1.29, 1.82) is 0 Å². The maximum absolute atomic E-state index is 12.8. The van der Waals surface area contributed by atoms with Gasteiger partial charge >= 0.3 is 5.97 Å². The Morgan fingerprint density at radius 2 is 1.81 bits per heavy atom. The van der Waals surface area contributed by atoms with Gasteiger partial charge in [0.2, 0.25) is 11.5 Å². The number of anilines is 1. The molecule has 0 aliphatic carbocycles. The molecule has 0 saturated carbocycles. The Labute approximate surface area is 169 Å². The molecule has 0 amide bonds. The minimum atomic E-state index is -0.824. The average Bonchev–Trinajstić information content (AvgIpc) is 2.63. The number of hydrogen-bond donors (Lipinski definition) is 1. The number of carbonyl (C=O) groups is 2. The number of carbonyl (C=O) groups excluding carboxylic acids is 2. The van der Waals surface area contributed by atoms with Crippen LogP contribution in [0.15, 0.2) is 53.6 Å². The normalized spacial score (nSPS) is 12.4. The van der Waals surface area contributed by atoms with Crippen LogP contribution in [0.2, 0.25) is 10.0 Å². The molecule has 0 saturated heterocycles. The predicted molar refractivity (Wildman–Crippen MR) is 107 cm³/mol. The third-order valence-electron chi connectivity index (χ3n) is 3.26. The third kappa shape index (κ3) is 5.30. The van der Waals surface area contributed by atoms with Crippen molar-refractivity contribution in [2.24, 2.45) is 5.10 Å². The van der Waals surface area contributed by atoms with Gasteiger partial charge in [-0.25, -0.2) is 4.79 Å². The van der Waals surface area contributed by atoms with Crippen molar-refractivity contribution in [3.8, 4) is 0 Å². The number of ether oxygens (including phenoxy) is 1. The summed E-state index contributed by atoms with van der Waals surface area (Å²) in [4.78, 5) is 24.2. The van der Waals surface area contributed by atoms with Gasteiger partial charge in [-0.15, -0.1) is 0 Å². The summed E-state index contributed by atoms with van der Waals surface area (Å²) in [5, 5.41) is 4.88. The van der Waals surface area contributed by atoms with E-state index in [1.807, 2.05) is 0 Å². The number of Topliss-reactive ketones (excluding diaryl/α,β-unsaturated/α-hetero) is 1. The molecule has 2 aromatic rings. The van der Waals surface area contributed by atoms with Crippen molar-refractivity contribution < 1.29 is 14.3 Å². The van der Waals surface area contributed by atoms with Crippen LogP contribution in [0.4, 0.5) is 5.69 Å². The van der Waals surface area contributed by atoms with Crippen LogP contribution >= 0.6 is 39.1 Å². The monoisotopic (exact) mass is 456 g/mol. The van der Waals surface area contributed by atoms with Crippen molar-refractivity contribution in [1.82, 2.24) is 0 Å². The molecule has 0 heterocycles. The van der Waals surface area contributed by atoms with E-state index in [0.717, 1.165) is 0 Å². The number of nitrogens with one attached hydrogen (secondary N) is 1. The molecular weight excluding hydrogens is 443 g/mol. The maximum atomic E-state index is 12.8. The molecular formula is C18H15BrCl2N2O3. The lowest BCUT2D eigenvalue weighted by Gasteiger charge is -2.12. The van der Waals surface area contributed by atoms with Gasteiger partial charge in [0.25, 0.3) is 0 Å². The van der Waals surface area contributed by atoms with E-state index in [2.05, 4.69) is 26.5 Å². The van der Waals surface area contributed by atoms with Gasteiger partial charge in [0.05, 0.1) is 17.3 Å². The van der Waals surface area contributed by atoms with E-state index >= 15 is 0 Å². The number of benzene rings is 2. The third-order valence-corrected chi connectivity index (χ3v) is 4.78. The molecule has 1 atom stereocenters. The van der Waals surface area contributed by atoms with Crippen molar-refractivity contribution in [2.45, 2.75) is 11.8 Å². The Bertz CT molecular complexity index is 825. The molecule has 136 valence electrons. The molecule has 2 aromatic carbocycles. The van der Waals surface area contributed by atoms with Gasteiger partial charge in [0.1, 0.15) is 4.83 Å². The van der Waals surface area contributed by atoms with Crippen LogP contribution in [-0.4, -0.2) is 24.1 Å². The summed E-state index contributed by atoms with van der Waals surface area (Å²) >= 11 is 15.2. The zero-order chi connectivity index (χ0) is 19.1. The van der Waals surface area contributed by atoms with Crippen LogP contribution in [0.5, 0.6) is 0 Å². The number of hydrogen-bond acceptors (Lipinski definition) is 5. The molecule has 1 N–H and O–H groups in total. The fraction of sp³-hybridized carbons (Fsp3) is 0.167. The summed E-state index contributed by atoms with van der Waals surface area (Å²) in [6.45, 7) is 1.76. The largest absolute Gasteiger partial charge is 0.461 e. The smallest absolute Gasteiger partial charge is 0.362 e. The van der Waals surface area contributed by atoms with Crippen molar-refractivity contribution >= 4 is 62.3 Å².